The standard InChI is InChI=1S/C33H28N4O3S2/c1-22-30(32(39)36-26-16-9-10-17-27(26)40-2)31(28-18-11-19-41-28)25(20-34)33(35-22)42-21-29(38)37(23-12-5-3-6-13-23)24-14-7-4-8-15-24/h3-19,31,35H,21H2,1-2H3,(H,36,39)/t31-/m1/s1. The highest BCUT2D eigenvalue weighted by Crippen LogP contribution is 2.43. The summed E-state index contributed by atoms with van der Waals surface area (Å²) in [6.07, 6.45) is 0. The molecule has 2 amide bonds. The summed E-state index contributed by atoms with van der Waals surface area (Å²) < 4.78 is 5.41. The minimum Gasteiger partial charge on any atom is -0.495 e. The van der Waals surface area contributed by atoms with E-state index in [4.69, 9.17) is 4.74 Å². The highest BCUT2D eigenvalue weighted by Gasteiger charge is 2.36. The van der Waals surface area contributed by atoms with Gasteiger partial charge in [0, 0.05) is 27.5 Å². The van der Waals surface area contributed by atoms with Crippen LogP contribution in [0.2, 0.25) is 0 Å². The summed E-state index contributed by atoms with van der Waals surface area (Å²) in [5.74, 6) is -0.464. The van der Waals surface area contributed by atoms with Crippen molar-refractivity contribution < 1.29 is 14.3 Å². The number of amides is 2. The lowest BCUT2D eigenvalue weighted by atomic mass is 9.86. The number of nitrogens with one attached hydrogen (secondary N) is 2. The zero-order valence-electron chi connectivity index (χ0n) is 23.0. The molecule has 0 saturated carbocycles. The van der Waals surface area contributed by atoms with Crippen LogP contribution in [0.5, 0.6) is 5.75 Å². The van der Waals surface area contributed by atoms with E-state index >= 15 is 0 Å². The molecular formula is C33H28N4O3S2. The molecule has 0 spiro atoms. The van der Waals surface area contributed by atoms with Gasteiger partial charge in [0.2, 0.25) is 5.91 Å². The molecule has 42 heavy (non-hydrogen) atoms. The Kier molecular flexibility index (Phi) is 9.07. The Hall–Kier alpha value is -4.78. The number of dihydropyridines is 1. The van der Waals surface area contributed by atoms with E-state index in [1.165, 1.54) is 23.1 Å². The average Bonchev–Trinajstić information content (AvgIpc) is 3.56. The number of thioether (sulfide) groups is 1. The van der Waals surface area contributed by atoms with Crippen molar-refractivity contribution >= 4 is 52.0 Å². The normalized spacial score (nSPS) is 14.5. The highest BCUT2D eigenvalue weighted by molar-refractivity contribution is 8.03. The van der Waals surface area contributed by atoms with Crippen LogP contribution in [0.1, 0.15) is 17.7 Å². The van der Waals surface area contributed by atoms with Crippen molar-refractivity contribution in [3.63, 3.8) is 0 Å². The van der Waals surface area contributed by atoms with Gasteiger partial charge in [-0.3, -0.25) is 14.5 Å². The Balaban J connectivity index is 1.45. The molecule has 0 unspecified atom stereocenters. The first-order valence-electron chi connectivity index (χ1n) is 13.2. The van der Waals surface area contributed by atoms with Crippen molar-refractivity contribution in [2.75, 3.05) is 23.1 Å². The van der Waals surface area contributed by atoms with Crippen molar-refractivity contribution in [3.8, 4) is 11.8 Å². The first kappa shape index (κ1) is 28.7. The summed E-state index contributed by atoms with van der Waals surface area (Å²) in [6.45, 7) is 1.81. The third-order valence-electron chi connectivity index (χ3n) is 6.69. The molecule has 1 aromatic heterocycles. The van der Waals surface area contributed by atoms with Crippen LogP contribution in [-0.4, -0.2) is 24.7 Å². The number of hydrogen-bond donors (Lipinski definition) is 2. The average molecular weight is 593 g/mol. The zero-order valence-corrected chi connectivity index (χ0v) is 24.7. The van der Waals surface area contributed by atoms with Crippen molar-refractivity contribution in [2.45, 2.75) is 12.8 Å². The second-order valence-electron chi connectivity index (χ2n) is 9.31. The summed E-state index contributed by atoms with van der Waals surface area (Å²) in [7, 11) is 1.55. The van der Waals surface area contributed by atoms with E-state index in [9.17, 15) is 14.9 Å². The molecule has 0 aliphatic carbocycles. The Morgan fingerprint density at radius 3 is 2.21 bits per heavy atom. The summed E-state index contributed by atoms with van der Waals surface area (Å²) >= 11 is 2.73. The van der Waals surface area contributed by atoms with Crippen LogP contribution in [0.4, 0.5) is 17.1 Å². The molecule has 5 rings (SSSR count). The van der Waals surface area contributed by atoms with Gasteiger partial charge in [0.1, 0.15) is 5.75 Å². The predicted molar refractivity (Wildman–Crippen MR) is 170 cm³/mol. The van der Waals surface area contributed by atoms with Crippen molar-refractivity contribution in [1.29, 1.82) is 5.26 Å². The van der Waals surface area contributed by atoms with Crippen molar-refractivity contribution in [3.05, 3.63) is 129 Å². The smallest absolute Gasteiger partial charge is 0.254 e. The fraction of sp³-hybridized carbons (Fsp3) is 0.121. The molecule has 2 N–H and O–H groups in total. The number of anilines is 3. The van der Waals surface area contributed by atoms with Crippen LogP contribution >= 0.6 is 23.1 Å². The first-order valence-corrected chi connectivity index (χ1v) is 15.0. The van der Waals surface area contributed by atoms with E-state index in [0.29, 0.717) is 33.3 Å². The van der Waals surface area contributed by atoms with Gasteiger partial charge in [-0.15, -0.1) is 11.3 Å². The number of para-hydroxylation sites is 4. The van der Waals surface area contributed by atoms with Crippen LogP contribution in [-0.2, 0) is 9.59 Å². The molecule has 0 bridgehead atoms. The van der Waals surface area contributed by atoms with E-state index in [1.54, 1.807) is 24.1 Å². The molecule has 3 aromatic carbocycles. The molecular weight excluding hydrogens is 565 g/mol. The summed E-state index contributed by atoms with van der Waals surface area (Å²) in [6, 6.07) is 32.3. The quantitative estimate of drug-likeness (QED) is 0.214. The maximum Gasteiger partial charge on any atom is 0.254 e. The maximum atomic E-state index is 13.7. The Morgan fingerprint density at radius 1 is 0.976 bits per heavy atom. The van der Waals surface area contributed by atoms with Crippen molar-refractivity contribution in [1.82, 2.24) is 5.32 Å². The third kappa shape index (κ3) is 6.10. The van der Waals surface area contributed by atoms with Gasteiger partial charge >= 0.3 is 0 Å². The largest absolute Gasteiger partial charge is 0.495 e. The lowest BCUT2D eigenvalue weighted by molar-refractivity contribution is -0.115. The number of benzene rings is 3. The lowest BCUT2D eigenvalue weighted by Gasteiger charge is -2.29. The van der Waals surface area contributed by atoms with Crippen molar-refractivity contribution in [2.24, 2.45) is 0 Å². The number of allylic oxidation sites excluding steroid dienone is 2. The number of hydrogen-bond acceptors (Lipinski definition) is 7. The highest BCUT2D eigenvalue weighted by atomic mass is 32.2. The van der Waals surface area contributed by atoms with Gasteiger partial charge < -0.3 is 15.4 Å². The summed E-state index contributed by atoms with van der Waals surface area (Å²) in [5, 5.41) is 19.1. The van der Waals surface area contributed by atoms with Crippen LogP contribution in [0.25, 0.3) is 0 Å². The minimum atomic E-state index is -0.595. The number of thiophene rings is 1. The van der Waals surface area contributed by atoms with E-state index in [-0.39, 0.29) is 17.6 Å². The number of carbonyl (C=O) groups excluding carboxylic acids is 2. The molecule has 1 aliphatic heterocycles. The number of carbonyl (C=O) groups is 2. The van der Waals surface area contributed by atoms with Gasteiger partial charge in [0.25, 0.3) is 5.91 Å². The number of nitrogens with zero attached hydrogens (tertiary/aromatic N) is 2. The second-order valence-corrected chi connectivity index (χ2v) is 11.3. The monoisotopic (exact) mass is 592 g/mol. The van der Waals surface area contributed by atoms with Crippen LogP contribution < -0.4 is 20.3 Å². The fourth-order valence-electron chi connectivity index (χ4n) is 4.79. The van der Waals surface area contributed by atoms with E-state index in [0.717, 1.165) is 16.3 Å². The third-order valence-corrected chi connectivity index (χ3v) is 8.63. The van der Waals surface area contributed by atoms with E-state index in [1.807, 2.05) is 97.2 Å². The Morgan fingerprint density at radius 2 is 1.62 bits per heavy atom. The molecule has 1 atom stereocenters. The second kappa shape index (κ2) is 13.3. The van der Waals surface area contributed by atoms with Crippen LogP contribution in [0.15, 0.2) is 124 Å². The molecule has 1 aliphatic rings. The first-order chi connectivity index (χ1) is 20.5. The van der Waals surface area contributed by atoms with Gasteiger partial charge in [0.15, 0.2) is 0 Å². The van der Waals surface area contributed by atoms with Gasteiger partial charge in [-0.1, -0.05) is 66.4 Å². The number of rotatable bonds is 9. The van der Waals surface area contributed by atoms with Crippen LogP contribution in [0, 0.1) is 11.3 Å². The topological polar surface area (TPSA) is 94.5 Å². The fourth-order valence-corrected chi connectivity index (χ4v) is 6.58. The molecule has 9 heteroatoms. The molecule has 4 aromatic rings. The molecule has 2 heterocycles. The Labute approximate surface area is 253 Å². The van der Waals surface area contributed by atoms with Crippen LogP contribution in [0.3, 0.4) is 0 Å². The molecule has 0 fully saturated rings. The molecule has 210 valence electrons. The minimum absolute atomic E-state index is 0.0739. The van der Waals surface area contributed by atoms with E-state index < -0.39 is 5.92 Å². The molecule has 0 saturated heterocycles. The predicted octanol–water partition coefficient (Wildman–Crippen LogP) is 7.19. The summed E-state index contributed by atoms with van der Waals surface area (Å²) in [4.78, 5) is 30.0. The zero-order chi connectivity index (χ0) is 29.5. The maximum absolute atomic E-state index is 13.7. The number of methoxy groups -OCH3 is 1. The Bertz CT molecular complexity index is 1640. The SMILES string of the molecule is COc1ccccc1NC(=O)C1=C(C)NC(SCC(=O)N(c2ccccc2)c2ccccc2)=C(C#N)[C@@H]1c1cccs1. The van der Waals surface area contributed by atoms with Gasteiger partial charge in [-0.05, 0) is 54.8 Å². The molecule has 7 nitrogen and oxygen atoms in total. The summed E-state index contributed by atoms with van der Waals surface area (Å²) in [5.41, 5.74) is 3.47. The van der Waals surface area contributed by atoms with Gasteiger partial charge in [-0.25, -0.2) is 0 Å². The number of nitriles is 1. The number of ether oxygens (including phenoxy) is 1. The van der Waals surface area contributed by atoms with E-state index in [2.05, 4.69) is 16.7 Å². The molecule has 0 radical (unpaired) electrons. The lowest BCUT2D eigenvalue weighted by Crippen LogP contribution is -2.32. The van der Waals surface area contributed by atoms with Gasteiger partial charge in [-0.2, -0.15) is 5.26 Å². The van der Waals surface area contributed by atoms with Gasteiger partial charge in [0.05, 0.1) is 41.1 Å².